The van der Waals surface area contributed by atoms with Crippen LogP contribution in [0.5, 0.6) is 0 Å². The third kappa shape index (κ3) is 3.79. The van der Waals surface area contributed by atoms with Crippen LogP contribution < -0.4 is 0 Å². The van der Waals surface area contributed by atoms with Crippen LogP contribution in [0.1, 0.15) is 40.9 Å². The molecule has 0 N–H and O–H groups in total. The van der Waals surface area contributed by atoms with Crippen molar-refractivity contribution < 1.29 is 8.42 Å². The molecule has 0 amide bonds. The molecule has 0 spiro atoms. The Balaban J connectivity index is 1.80. The van der Waals surface area contributed by atoms with E-state index in [-0.39, 0.29) is 6.04 Å². The van der Waals surface area contributed by atoms with Gasteiger partial charge in [0.05, 0.1) is 10.6 Å². The molecule has 3 rings (SSSR count). The first-order chi connectivity index (χ1) is 12.7. The van der Waals surface area contributed by atoms with Gasteiger partial charge in [-0.15, -0.1) is 0 Å². The highest BCUT2D eigenvalue weighted by Crippen LogP contribution is 2.30. The fraction of sp³-hybridized carbons (Fsp3) is 0.476. The molecule has 27 heavy (non-hydrogen) atoms. The summed E-state index contributed by atoms with van der Waals surface area (Å²) in [6.07, 6.45) is 1.80. The van der Waals surface area contributed by atoms with Crippen molar-refractivity contribution in [2.24, 2.45) is 0 Å². The lowest BCUT2D eigenvalue weighted by molar-refractivity contribution is 0.143. The van der Waals surface area contributed by atoms with Gasteiger partial charge >= 0.3 is 0 Å². The Hall–Kier alpha value is -1.76. The molecule has 1 aliphatic heterocycles. The summed E-state index contributed by atoms with van der Waals surface area (Å²) in [4.78, 5) is 7.23. The first-order valence-corrected chi connectivity index (χ1v) is 10.9. The molecule has 0 bridgehead atoms. The molecule has 5 nitrogen and oxygen atoms in total. The Morgan fingerprint density at radius 3 is 2.07 bits per heavy atom. The minimum Gasteiger partial charge on any atom is -0.292 e. The Bertz CT molecular complexity index is 892. The number of sulfonamides is 1. The number of aryl methyl sites for hydroxylation is 2. The summed E-state index contributed by atoms with van der Waals surface area (Å²) in [5.41, 5.74) is 4.80. The summed E-state index contributed by atoms with van der Waals surface area (Å²) in [5.74, 6) is 0. The summed E-state index contributed by atoms with van der Waals surface area (Å²) in [6.45, 7) is 12.3. The van der Waals surface area contributed by atoms with Crippen molar-refractivity contribution in [1.29, 1.82) is 0 Å². The minimum absolute atomic E-state index is 0.181. The fourth-order valence-corrected chi connectivity index (χ4v) is 5.84. The molecule has 1 aliphatic rings. The Morgan fingerprint density at radius 2 is 1.56 bits per heavy atom. The van der Waals surface area contributed by atoms with Gasteiger partial charge in [-0.1, -0.05) is 12.1 Å². The highest BCUT2D eigenvalue weighted by atomic mass is 32.2. The Labute approximate surface area is 163 Å². The SMILES string of the molecule is Cc1cc(C)c(C)c(S(=O)(=O)N2CCN([C@@H](C)c3ccccn3)CC2)c1C. The van der Waals surface area contributed by atoms with Crippen molar-refractivity contribution in [3.63, 3.8) is 0 Å². The zero-order valence-corrected chi connectivity index (χ0v) is 17.7. The number of hydrogen-bond donors (Lipinski definition) is 0. The number of rotatable bonds is 4. The Morgan fingerprint density at radius 1 is 0.963 bits per heavy atom. The van der Waals surface area contributed by atoms with Gasteiger partial charge in [0.1, 0.15) is 0 Å². The largest absolute Gasteiger partial charge is 0.292 e. The summed E-state index contributed by atoms with van der Waals surface area (Å²) >= 11 is 0. The maximum absolute atomic E-state index is 13.4. The first-order valence-electron chi connectivity index (χ1n) is 9.46. The predicted octanol–water partition coefficient (Wildman–Crippen LogP) is 3.38. The van der Waals surface area contributed by atoms with Crippen LogP contribution in [0, 0.1) is 27.7 Å². The fourth-order valence-electron chi connectivity index (χ4n) is 3.84. The van der Waals surface area contributed by atoms with Gasteiger partial charge in [-0.05, 0) is 69.0 Å². The predicted molar refractivity (Wildman–Crippen MR) is 108 cm³/mol. The van der Waals surface area contributed by atoms with E-state index in [1.807, 2.05) is 45.9 Å². The average Bonchev–Trinajstić information content (AvgIpc) is 2.66. The van der Waals surface area contributed by atoms with Crippen LogP contribution in [0.4, 0.5) is 0 Å². The number of piperazine rings is 1. The van der Waals surface area contributed by atoms with Gasteiger partial charge in [-0.2, -0.15) is 4.31 Å². The molecule has 146 valence electrons. The van der Waals surface area contributed by atoms with Crippen LogP contribution in [-0.2, 0) is 10.0 Å². The van der Waals surface area contributed by atoms with Crippen molar-refractivity contribution in [2.45, 2.75) is 45.6 Å². The normalized spacial score (nSPS) is 17.8. The molecule has 2 aromatic rings. The number of pyridine rings is 1. The van der Waals surface area contributed by atoms with Gasteiger partial charge in [-0.25, -0.2) is 8.42 Å². The second kappa shape index (κ2) is 7.70. The summed E-state index contributed by atoms with van der Waals surface area (Å²) in [6, 6.07) is 8.17. The molecule has 1 fully saturated rings. The van der Waals surface area contributed by atoms with Crippen LogP contribution in [0.15, 0.2) is 35.4 Å². The van der Waals surface area contributed by atoms with Crippen LogP contribution in [-0.4, -0.2) is 48.8 Å². The lowest BCUT2D eigenvalue weighted by atomic mass is 10.0. The van der Waals surface area contributed by atoms with Gasteiger partial charge in [0.25, 0.3) is 0 Å². The van der Waals surface area contributed by atoms with Gasteiger partial charge in [0, 0.05) is 38.4 Å². The van der Waals surface area contributed by atoms with E-state index < -0.39 is 10.0 Å². The molecule has 0 radical (unpaired) electrons. The van der Waals surface area contributed by atoms with E-state index in [1.165, 1.54) is 0 Å². The minimum atomic E-state index is -3.49. The number of benzene rings is 1. The molecule has 2 heterocycles. The van der Waals surface area contributed by atoms with Crippen molar-refractivity contribution in [1.82, 2.24) is 14.2 Å². The standard InChI is InChI=1S/C21H29N3O2S/c1-15-14-16(2)18(4)21(17(15)3)27(25,26)24-12-10-23(11-13-24)19(5)20-8-6-7-9-22-20/h6-9,14,19H,10-13H2,1-5H3/t19-/m0/s1. The van der Waals surface area contributed by atoms with E-state index in [0.29, 0.717) is 31.1 Å². The van der Waals surface area contributed by atoms with Crippen molar-refractivity contribution in [3.05, 3.63) is 58.4 Å². The van der Waals surface area contributed by atoms with E-state index in [4.69, 9.17) is 0 Å². The van der Waals surface area contributed by atoms with Crippen molar-refractivity contribution in [3.8, 4) is 0 Å². The maximum Gasteiger partial charge on any atom is 0.243 e. The molecule has 0 unspecified atom stereocenters. The van der Waals surface area contributed by atoms with Crippen molar-refractivity contribution in [2.75, 3.05) is 26.2 Å². The molecular formula is C21H29N3O2S. The van der Waals surface area contributed by atoms with E-state index in [2.05, 4.69) is 22.9 Å². The van der Waals surface area contributed by atoms with Crippen molar-refractivity contribution >= 4 is 10.0 Å². The third-order valence-electron chi connectivity index (χ3n) is 5.83. The Kier molecular flexibility index (Phi) is 5.70. The van der Waals surface area contributed by atoms with Gasteiger partial charge in [-0.3, -0.25) is 9.88 Å². The zero-order valence-electron chi connectivity index (χ0n) is 16.9. The topological polar surface area (TPSA) is 53.5 Å². The lowest BCUT2D eigenvalue weighted by Crippen LogP contribution is -2.49. The van der Waals surface area contributed by atoms with E-state index in [9.17, 15) is 8.42 Å². The number of hydrogen-bond acceptors (Lipinski definition) is 4. The second-order valence-corrected chi connectivity index (χ2v) is 9.33. The monoisotopic (exact) mass is 387 g/mol. The second-order valence-electron chi connectivity index (χ2n) is 7.46. The molecule has 1 atom stereocenters. The highest BCUT2D eigenvalue weighted by molar-refractivity contribution is 7.89. The number of aromatic nitrogens is 1. The van der Waals surface area contributed by atoms with Gasteiger partial charge in [0.15, 0.2) is 0 Å². The smallest absolute Gasteiger partial charge is 0.243 e. The molecule has 1 saturated heterocycles. The summed E-state index contributed by atoms with van der Waals surface area (Å²) < 4.78 is 28.4. The quantitative estimate of drug-likeness (QED) is 0.807. The van der Waals surface area contributed by atoms with E-state index in [1.54, 1.807) is 10.5 Å². The molecule has 0 saturated carbocycles. The number of nitrogens with zero attached hydrogens (tertiary/aromatic N) is 3. The third-order valence-corrected chi connectivity index (χ3v) is 8.01. The molecule has 6 heteroatoms. The summed E-state index contributed by atoms with van der Waals surface area (Å²) in [7, 11) is -3.49. The lowest BCUT2D eigenvalue weighted by Gasteiger charge is -2.37. The van der Waals surface area contributed by atoms with Crippen LogP contribution in [0.3, 0.4) is 0 Å². The average molecular weight is 388 g/mol. The van der Waals surface area contributed by atoms with E-state index in [0.717, 1.165) is 27.9 Å². The van der Waals surface area contributed by atoms with Gasteiger partial charge < -0.3 is 0 Å². The molecule has 1 aromatic carbocycles. The summed E-state index contributed by atoms with van der Waals surface area (Å²) in [5, 5.41) is 0. The van der Waals surface area contributed by atoms with E-state index >= 15 is 0 Å². The first kappa shape index (κ1) is 20.0. The van der Waals surface area contributed by atoms with Crippen LogP contribution in [0.2, 0.25) is 0 Å². The zero-order chi connectivity index (χ0) is 19.8. The molecule has 1 aromatic heterocycles. The van der Waals surface area contributed by atoms with Crippen LogP contribution in [0.25, 0.3) is 0 Å². The van der Waals surface area contributed by atoms with Crippen LogP contribution >= 0.6 is 0 Å². The maximum atomic E-state index is 13.4. The molecular weight excluding hydrogens is 358 g/mol. The van der Waals surface area contributed by atoms with Gasteiger partial charge in [0.2, 0.25) is 10.0 Å². The molecule has 0 aliphatic carbocycles. The highest BCUT2D eigenvalue weighted by Gasteiger charge is 2.33.